The standard InChI is InChI=1S/C34H26/c1-21-13-29-15-25-5-3-7-27(25)17-31(29)19-33(21)23-9-11-24(12-10-23)34-20-32-18-28-8-4-6-26(28)16-30(32)14-22(34)2/h3-4,7-20H,5-6H2,1-2H3. The van der Waals surface area contributed by atoms with Gasteiger partial charge in [0.2, 0.25) is 0 Å². The highest BCUT2D eigenvalue weighted by Crippen LogP contribution is 2.35. The molecule has 0 heterocycles. The van der Waals surface area contributed by atoms with Crippen molar-refractivity contribution < 1.29 is 0 Å². The van der Waals surface area contributed by atoms with Crippen molar-refractivity contribution in [1.82, 2.24) is 0 Å². The lowest BCUT2D eigenvalue weighted by Crippen LogP contribution is -1.90. The predicted octanol–water partition coefficient (Wildman–Crippen LogP) is 9.08. The molecule has 0 amide bonds. The van der Waals surface area contributed by atoms with Crippen molar-refractivity contribution in [2.75, 3.05) is 0 Å². The smallest absolute Gasteiger partial charge is 0.00880 e. The molecule has 0 aromatic heterocycles. The summed E-state index contributed by atoms with van der Waals surface area (Å²) in [5.74, 6) is 0. The van der Waals surface area contributed by atoms with Gasteiger partial charge in [-0.15, -0.1) is 0 Å². The van der Waals surface area contributed by atoms with E-state index in [1.807, 2.05) is 0 Å². The number of fused-ring (bicyclic) bond motifs is 4. The van der Waals surface area contributed by atoms with Crippen LogP contribution in [0.25, 0.3) is 56.0 Å². The predicted molar refractivity (Wildman–Crippen MR) is 147 cm³/mol. The van der Waals surface area contributed by atoms with Crippen LogP contribution in [0.5, 0.6) is 0 Å². The second-order valence-electron chi connectivity index (χ2n) is 9.92. The Balaban J connectivity index is 1.29. The second-order valence-corrected chi connectivity index (χ2v) is 9.92. The minimum Gasteiger partial charge on any atom is -0.0795 e. The molecule has 5 aromatic rings. The number of hydrogen-bond donors (Lipinski definition) is 0. The third kappa shape index (κ3) is 3.06. The molecule has 0 aliphatic heterocycles. The Hall–Kier alpha value is -3.90. The first-order valence-corrected chi connectivity index (χ1v) is 12.2. The lowest BCUT2D eigenvalue weighted by Gasteiger charge is -2.13. The monoisotopic (exact) mass is 434 g/mol. The Bertz CT molecular complexity index is 1560. The molecule has 2 aliphatic rings. The molecule has 5 aromatic carbocycles. The van der Waals surface area contributed by atoms with E-state index >= 15 is 0 Å². The average molecular weight is 435 g/mol. The summed E-state index contributed by atoms with van der Waals surface area (Å²) in [4.78, 5) is 0. The van der Waals surface area contributed by atoms with Crippen LogP contribution in [0, 0.1) is 13.8 Å². The van der Waals surface area contributed by atoms with Gasteiger partial charge in [0.15, 0.2) is 0 Å². The van der Waals surface area contributed by atoms with Crippen LogP contribution < -0.4 is 0 Å². The molecular formula is C34H26. The Morgan fingerprint density at radius 2 is 0.882 bits per heavy atom. The summed E-state index contributed by atoms with van der Waals surface area (Å²) in [7, 11) is 0. The van der Waals surface area contributed by atoms with Gasteiger partial charge in [-0.3, -0.25) is 0 Å². The summed E-state index contributed by atoms with van der Waals surface area (Å²) >= 11 is 0. The molecule has 34 heavy (non-hydrogen) atoms. The van der Waals surface area contributed by atoms with E-state index in [-0.39, 0.29) is 0 Å². The van der Waals surface area contributed by atoms with Crippen LogP contribution in [0.15, 0.2) is 84.9 Å². The van der Waals surface area contributed by atoms with Crippen molar-refractivity contribution in [2.45, 2.75) is 26.7 Å². The van der Waals surface area contributed by atoms with Gasteiger partial charge in [0.05, 0.1) is 0 Å². The van der Waals surface area contributed by atoms with Gasteiger partial charge in [-0.2, -0.15) is 0 Å². The van der Waals surface area contributed by atoms with Crippen molar-refractivity contribution in [1.29, 1.82) is 0 Å². The van der Waals surface area contributed by atoms with Gasteiger partial charge < -0.3 is 0 Å². The Labute approximate surface area is 200 Å². The molecule has 0 N–H and O–H groups in total. The van der Waals surface area contributed by atoms with Gasteiger partial charge in [-0.1, -0.05) is 72.8 Å². The first-order chi connectivity index (χ1) is 16.6. The average Bonchev–Trinajstić information content (AvgIpc) is 3.49. The molecule has 0 radical (unpaired) electrons. The van der Waals surface area contributed by atoms with Crippen molar-refractivity contribution in [3.05, 3.63) is 118 Å². The van der Waals surface area contributed by atoms with Gasteiger partial charge in [-0.05, 0) is 128 Å². The van der Waals surface area contributed by atoms with Crippen LogP contribution in [-0.2, 0) is 12.8 Å². The Morgan fingerprint density at radius 1 is 0.471 bits per heavy atom. The van der Waals surface area contributed by atoms with E-state index < -0.39 is 0 Å². The van der Waals surface area contributed by atoms with Crippen LogP contribution in [0.3, 0.4) is 0 Å². The summed E-state index contributed by atoms with van der Waals surface area (Å²) in [5.41, 5.74) is 13.5. The fourth-order valence-corrected chi connectivity index (χ4v) is 5.80. The minimum absolute atomic E-state index is 1.06. The van der Waals surface area contributed by atoms with Crippen molar-refractivity contribution in [2.24, 2.45) is 0 Å². The molecule has 0 saturated heterocycles. The van der Waals surface area contributed by atoms with E-state index in [4.69, 9.17) is 0 Å². The molecule has 0 atom stereocenters. The number of benzene rings is 5. The zero-order valence-electron chi connectivity index (χ0n) is 19.7. The van der Waals surface area contributed by atoms with Crippen molar-refractivity contribution in [3.8, 4) is 22.3 Å². The molecular weight excluding hydrogens is 408 g/mol. The molecule has 162 valence electrons. The van der Waals surface area contributed by atoms with Gasteiger partial charge in [-0.25, -0.2) is 0 Å². The maximum absolute atomic E-state index is 2.36. The van der Waals surface area contributed by atoms with Gasteiger partial charge in [0, 0.05) is 0 Å². The normalized spacial score (nSPS) is 13.7. The molecule has 0 spiro atoms. The molecule has 2 aliphatic carbocycles. The molecule has 0 heteroatoms. The molecule has 0 fully saturated rings. The van der Waals surface area contributed by atoms with Gasteiger partial charge >= 0.3 is 0 Å². The number of hydrogen-bond acceptors (Lipinski definition) is 0. The lowest BCUT2D eigenvalue weighted by atomic mass is 9.91. The fraction of sp³-hybridized carbons (Fsp3) is 0.118. The van der Waals surface area contributed by atoms with Crippen LogP contribution in [0.1, 0.15) is 33.4 Å². The molecule has 0 saturated carbocycles. The summed E-state index contributed by atoms with van der Waals surface area (Å²) in [6.45, 7) is 4.46. The maximum atomic E-state index is 2.36. The highest BCUT2D eigenvalue weighted by Gasteiger charge is 2.12. The quantitative estimate of drug-likeness (QED) is 0.260. The Kier molecular flexibility index (Phi) is 4.20. The minimum atomic E-state index is 1.06. The summed E-state index contributed by atoms with van der Waals surface area (Å²) in [5, 5.41) is 5.32. The molecule has 7 rings (SSSR count). The SMILES string of the molecule is Cc1cc2cc3c(cc2cc1-c1ccc(-c2cc4cc5c(cc4cc2C)CC=C5)cc1)C=CC3. The topological polar surface area (TPSA) is 0 Å². The van der Waals surface area contributed by atoms with Crippen LogP contribution in [0.4, 0.5) is 0 Å². The van der Waals surface area contributed by atoms with Gasteiger partial charge in [0.25, 0.3) is 0 Å². The van der Waals surface area contributed by atoms with Crippen LogP contribution in [-0.4, -0.2) is 0 Å². The molecule has 0 unspecified atom stereocenters. The van der Waals surface area contributed by atoms with E-state index in [1.54, 1.807) is 0 Å². The van der Waals surface area contributed by atoms with Crippen molar-refractivity contribution >= 4 is 33.7 Å². The Morgan fingerprint density at radius 3 is 1.32 bits per heavy atom. The zero-order valence-corrected chi connectivity index (χ0v) is 19.7. The van der Waals surface area contributed by atoms with E-state index in [2.05, 4.69) is 111 Å². The summed E-state index contributed by atoms with van der Waals surface area (Å²) in [6, 6.07) is 28.0. The van der Waals surface area contributed by atoms with Crippen LogP contribution >= 0.6 is 0 Å². The fourth-order valence-electron chi connectivity index (χ4n) is 5.80. The van der Waals surface area contributed by atoms with E-state index in [0.29, 0.717) is 0 Å². The highest BCUT2D eigenvalue weighted by atomic mass is 14.2. The maximum Gasteiger partial charge on any atom is -0.00880 e. The highest BCUT2D eigenvalue weighted by molar-refractivity contribution is 5.94. The molecule has 0 bridgehead atoms. The third-order valence-corrected chi connectivity index (χ3v) is 7.66. The number of rotatable bonds is 2. The largest absolute Gasteiger partial charge is 0.0795 e. The van der Waals surface area contributed by atoms with E-state index in [0.717, 1.165) is 12.8 Å². The lowest BCUT2D eigenvalue weighted by molar-refractivity contribution is 1.32. The first kappa shape index (κ1) is 19.6. The number of allylic oxidation sites excluding steroid dienone is 2. The van der Waals surface area contributed by atoms with Gasteiger partial charge in [0.1, 0.15) is 0 Å². The van der Waals surface area contributed by atoms with E-state index in [1.165, 1.54) is 77.2 Å². The summed E-state index contributed by atoms with van der Waals surface area (Å²) < 4.78 is 0. The van der Waals surface area contributed by atoms with Crippen molar-refractivity contribution in [3.63, 3.8) is 0 Å². The summed E-state index contributed by atoms with van der Waals surface area (Å²) in [6.07, 6.45) is 11.1. The first-order valence-electron chi connectivity index (χ1n) is 12.2. The van der Waals surface area contributed by atoms with E-state index in [9.17, 15) is 0 Å². The second kappa shape index (κ2) is 7.30. The third-order valence-electron chi connectivity index (χ3n) is 7.66. The van der Waals surface area contributed by atoms with Crippen LogP contribution in [0.2, 0.25) is 0 Å². The molecule has 0 nitrogen and oxygen atoms in total. The zero-order chi connectivity index (χ0) is 22.8. The number of aryl methyl sites for hydroxylation is 2.